The van der Waals surface area contributed by atoms with Gasteiger partial charge in [-0.3, -0.25) is 4.98 Å². The predicted molar refractivity (Wildman–Crippen MR) is 90.3 cm³/mol. The predicted octanol–water partition coefficient (Wildman–Crippen LogP) is 3.80. The van der Waals surface area contributed by atoms with Gasteiger partial charge in [0.15, 0.2) is 5.76 Å². The van der Waals surface area contributed by atoms with Gasteiger partial charge in [0.25, 0.3) is 0 Å². The minimum atomic E-state index is 0.494. The fraction of sp³-hybridized carbons (Fsp3) is 0.333. The number of hydrogen-bond acceptors (Lipinski definition) is 6. The van der Waals surface area contributed by atoms with Crippen molar-refractivity contribution in [3.8, 4) is 11.4 Å². The lowest BCUT2D eigenvalue weighted by Crippen LogP contribution is -2.05. The summed E-state index contributed by atoms with van der Waals surface area (Å²) < 4.78 is 5.36. The van der Waals surface area contributed by atoms with Gasteiger partial charge in [0.05, 0.1) is 12.2 Å². The molecule has 3 aromatic rings. The van der Waals surface area contributed by atoms with E-state index in [-0.39, 0.29) is 0 Å². The molecule has 0 unspecified atom stereocenters. The first-order chi connectivity index (χ1) is 11.9. The highest BCUT2D eigenvalue weighted by molar-refractivity contribution is 5.53. The summed E-state index contributed by atoms with van der Waals surface area (Å²) in [5.74, 6) is 1.94. The van der Waals surface area contributed by atoms with Gasteiger partial charge in [-0.1, -0.05) is 24.1 Å². The number of nitrogens with zero attached hydrogens (tertiary/aromatic N) is 4. The van der Waals surface area contributed by atoms with Crippen LogP contribution in [0.2, 0.25) is 0 Å². The minimum absolute atomic E-state index is 0.494. The van der Waals surface area contributed by atoms with Crippen molar-refractivity contribution in [1.29, 1.82) is 0 Å². The van der Waals surface area contributed by atoms with E-state index in [0.717, 1.165) is 22.8 Å². The molecule has 0 saturated heterocycles. The second kappa shape index (κ2) is 6.78. The lowest BCUT2D eigenvalue weighted by Gasteiger charge is -2.09. The first-order valence-corrected chi connectivity index (χ1v) is 8.32. The Morgan fingerprint density at radius 3 is 2.79 bits per heavy atom. The zero-order valence-corrected chi connectivity index (χ0v) is 13.4. The summed E-state index contributed by atoms with van der Waals surface area (Å²) in [6.45, 7) is 0.494. The quantitative estimate of drug-likeness (QED) is 0.770. The minimum Gasteiger partial charge on any atom is -0.359 e. The van der Waals surface area contributed by atoms with Crippen molar-refractivity contribution in [3.63, 3.8) is 0 Å². The van der Waals surface area contributed by atoms with E-state index in [0.29, 0.717) is 18.4 Å². The molecule has 0 aromatic carbocycles. The SMILES string of the molecule is c1ccc(-c2cc(CNc3nccc(C4CCCC4)n3)on2)nc1. The Balaban J connectivity index is 1.42. The molecule has 1 saturated carbocycles. The van der Waals surface area contributed by atoms with Crippen molar-refractivity contribution < 1.29 is 4.52 Å². The van der Waals surface area contributed by atoms with Crippen LogP contribution in [0.1, 0.15) is 43.1 Å². The molecule has 1 aliphatic carbocycles. The maximum absolute atomic E-state index is 5.36. The number of rotatable bonds is 5. The topological polar surface area (TPSA) is 76.7 Å². The molecular weight excluding hydrogens is 302 g/mol. The highest BCUT2D eigenvalue weighted by Gasteiger charge is 2.18. The van der Waals surface area contributed by atoms with Crippen LogP contribution in [-0.4, -0.2) is 20.1 Å². The monoisotopic (exact) mass is 321 g/mol. The smallest absolute Gasteiger partial charge is 0.223 e. The number of hydrogen-bond donors (Lipinski definition) is 1. The van der Waals surface area contributed by atoms with E-state index in [9.17, 15) is 0 Å². The zero-order chi connectivity index (χ0) is 16.2. The van der Waals surface area contributed by atoms with Crippen molar-refractivity contribution in [3.05, 3.63) is 54.2 Å². The van der Waals surface area contributed by atoms with E-state index in [1.165, 1.54) is 25.7 Å². The molecule has 1 N–H and O–H groups in total. The summed E-state index contributed by atoms with van der Waals surface area (Å²) in [5.41, 5.74) is 2.66. The number of nitrogens with one attached hydrogen (secondary N) is 1. The van der Waals surface area contributed by atoms with Crippen LogP contribution in [0.15, 0.2) is 47.2 Å². The van der Waals surface area contributed by atoms with E-state index in [2.05, 4.69) is 25.4 Å². The number of aromatic nitrogens is 4. The normalized spacial score (nSPS) is 14.8. The van der Waals surface area contributed by atoms with Crippen LogP contribution in [0.3, 0.4) is 0 Å². The second-order valence-electron chi connectivity index (χ2n) is 6.03. The third kappa shape index (κ3) is 3.27. The molecule has 1 fully saturated rings. The molecule has 122 valence electrons. The van der Waals surface area contributed by atoms with Crippen molar-refractivity contribution >= 4 is 5.95 Å². The third-order valence-electron chi connectivity index (χ3n) is 4.36. The largest absolute Gasteiger partial charge is 0.359 e. The fourth-order valence-corrected chi connectivity index (χ4v) is 3.10. The molecule has 0 spiro atoms. The summed E-state index contributed by atoms with van der Waals surface area (Å²) >= 11 is 0. The van der Waals surface area contributed by atoms with Gasteiger partial charge >= 0.3 is 0 Å². The average Bonchev–Trinajstić information content (AvgIpc) is 3.33. The van der Waals surface area contributed by atoms with Gasteiger partial charge < -0.3 is 9.84 Å². The van der Waals surface area contributed by atoms with Crippen molar-refractivity contribution in [2.45, 2.75) is 38.1 Å². The molecule has 1 aliphatic rings. The van der Waals surface area contributed by atoms with E-state index in [1.807, 2.05) is 36.5 Å². The Labute approximate surface area is 140 Å². The molecule has 6 heteroatoms. The van der Waals surface area contributed by atoms with Gasteiger partial charge in [-0.05, 0) is 31.0 Å². The molecule has 0 aliphatic heterocycles. The summed E-state index contributed by atoms with van der Waals surface area (Å²) in [5, 5.41) is 7.27. The molecule has 3 aromatic heterocycles. The number of pyridine rings is 1. The van der Waals surface area contributed by atoms with Gasteiger partial charge in [0.2, 0.25) is 5.95 Å². The highest BCUT2D eigenvalue weighted by atomic mass is 16.5. The molecule has 6 nitrogen and oxygen atoms in total. The van der Waals surface area contributed by atoms with Gasteiger partial charge in [-0.15, -0.1) is 0 Å². The molecule has 24 heavy (non-hydrogen) atoms. The average molecular weight is 321 g/mol. The van der Waals surface area contributed by atoms with Crippen molar-refractivity contribution in [2.75, 3.05) is 5.32 Å². The van der Waals surface area contributed by atoms with Crippen LogP contribution in [0, 0.1) is 0 Å². The molecule has 3 heterocycles. The van der Waals surface area contributed by atoms with Gasteiger partial charge in [0, 0.05) is 30.1 Å². The first kappa shape index (κ1) is 14.8. The van der Waals surface area contributed by atoms with Crippen LogP contribution in [0.25, 0.3) is 11.4 Å². The van der Waals surface area contributed by atoms with Gasteiger partial charge in [-0.2, -0.15) is 0 Å². The standard InChI is InChI=1S/C18H19N5O/c1-2-6-13(5-1)15-8-10-20-18(22-15)21-12-14-11-17(23-24-14)16-7-3-4-9-19-16/h3-4,7-11,13H,1-2,5-6,12H2,(H,20,21,22). The highest BCUT2D eigenvalue weighted by Crippen LogP contribution is 2.33. The molecule has 0 atom stereocenters. The van der Waals surface area contributed by atoms with Crippen molar-refractivity contribution in [1.82, 2.24) is 20.1 Å². The zero-order valence-electron chi connectivity index (χ0n) is 13.4. The summed E-state index contributed by atoms with van der Waals surface area (Å²) in [6.07, 6.45) is 8.61. The lowest BCUT2D eigenvalue weighted by atomic mass is 10.0. The summed E-state index contributed by atoms with van der Waals surface area (Å²) in [7, 11) is 0. The summed E-state index contributed by atoms with van der Waals surface area (Å²) in [4.78, 5) is 13.2. The van der Waals surface area contributed by atoms with Crippen LogP contribution in [0.4, 0.5) is 5.95 Å². The van der Waals surface area contributed by atoms with Crippen LogP contribution >= 0.6 is 0 Å². The third-order valence-corrected chi connectivity index (χ3v) is 4.36. The van der Waals surface area contributed by atoms with Gasteiger partial charge in [0.1, 0.15) is 5.69 Å². The van der Waals surface area contributed by atoms with Crippen LogP contribution in [0.5, 0.6) is 0 Å². The Bertz CT molecular complexity index is 796. The van der Waals surface area contributed by atoms with Gasteiger partial charge in [-0.25, -0.2) is 9.97 Å². The maximum atomic E-state index is 5.36. The molecule has 0 amide bonds. The Hall–Kier alpha value is -2.76. The van der Waals surface area contributed by atoms with E-state index < -0.39 is 0 Å². The maximum Gasteiger partial charge on any atom is 0.223 e. The Morgan fingerprint density at radius 1 is 1.04 bits per heavy atom. The Kier molecular flexibility index (Phi) is 4.18. The second-order valence-corrected chi connectivity index (χ2v) is 6.03. The number of anilines is 1. The van der Waals surface area contributed by atoms with Crippen LogP contribution in [-0.2, 0) is 6.54 Å². The van der Waals surface area contributed by atoms with E-state index in [4.69, 9.17) is 4.52 Å². The fourth-order valence-electron chi connectivity index (χ4n) is 3.10. The molecular formula is C18H19N5O. The molecule has 0 bridgehead atoms. The Morgan fingerprint density at radius 2 is 1.96 bits per heavy atom. The van der Waals surface area contributed by atoms with E-state index in [1.54, 1.807) is 6.20 Å². The van der Waals surface area contributed by atoms with E-state index >= 15 is 0 Å². The summed E-state index contributed by atoms with van der Waals surface area (Å²) in [6, 6.07) is 9.62. The van der Waals surface area contributed by atoms with Crippen molar-refractivity contribution in [2.24, 2.45) is 0 Å². The lowest BCUT2D eigenvalue weighted by molar-refractivity contribution is 0.389. The first-order valence-electron chi connectivity index (χ1n) is 8.32. The molecule has 0 radical (unpaired) electrons. The van der Waals surface area contributed by atoms with Crippen LogP contribution < -0.4 is 5.32 Å². The molecule has 4 rings (SSSR count).